The lowest BCUT2D eigenvalue weighted by Gasteiger charge is -2.25. The van der Waals surface area contributed by atoms with Crippen molar-refractivity contribution in [3.05, 3.63) is 48.5 Å². The first-order valence-corrected chi connectivity index (χ1v) is 9.51. The van der Waals surface area contributed by atoms with Gasteiger partial charge in [0.2, 0.25) is 5.91 Å². The van der Waals surface area contributed by atoms with E-state index in [0.29, 0.717) is 12.5 Å². The van der Waals surface area contributed by atoms with Crippen LogP contribution >= 0.6 is 0 Å². The fraction of sp³-hybridized carbons (Fsp3) is 0.450. The van der Waals surface area contributed by atoms with Gasteiger partial charge in [-0.3, -0.25) is 9.48 Å². The Morgan fingerprint density at radius 3 is 2.85 bits per heavy atom. The summed E-state index contributed by atoms with van der Waals surface area (Å²) in [6, 6.07) is 10.3. The number of nitrogens with zero attached hydrogens (tertiary/aromatic N) is 5. The van der Waals surface area contributed by atoms with E-state index in [9.17, 15) is 4.79 Å². The van der Waals surface area contributed by atoms with Crippen molar-refractivity contribution in [1.82, 2.24) is 24.2 Å². The van der Waals surface area contributed by atoms with E-state index in [0.717, 1.165) is 42.8 Å². The molecule has 1 unspecified atom stereocenters. The van der Waals surface area contributed by atoms with E-state index in [4.69, 9.17) is 4.98 Å². The van der Waals surface area contributed by atoms with Crippen LogP contribution in [-0.4, -0.2) is 42.7 Å². The lowest BCUT2D eigenvalue weighted by atomic mass is 10.2. The molecule has 134 valence electrons. The molecule has 1 aliphatic carbocycles. The van der Waals surface area contributed by atoms with Gasteiger partial charge in [0.25, 0.3) is 0 Å². The highest BCUT2D eigenvalue weighted by Crippen LogP contribution is 2.40. The maximum Gasteiger partial charge on any atom is 0.242 e. The van der Waals surface area contributed by atoms with Crippen molar-refractivity contribution in [3.8, 4) is 0 Å². The zero-order valence-electron chi connectivity index (χ0n) is 14.8. The van der Waals surface area contributed by atoms with Crippen LogP contribution in [0.1, 0.15) is 37.4 Å². The van der Waals surface area contributed by atoms with Gasteiger partial charge in [-0.15, -0.1) is 0 Å². The summed E-state index contributed by atoms with van der Waals surface area (Å²) < 4.78 is 4.08. The quantitative estimate of drug-likeness (QED) is 0.712. The SMILES string of the molecule is O=C(Cn1c(C2CC2)nc2ccccc21)N1CCCC1Cn1cccn1. The van der Waals surface area contributed by atoms with Crippen molar-refractivity contribution < 1.29 is 4.79 Å². The van der Waals surface area contributed by atoms with E-state index in [1.807, 2.05) is 40.0 Å². The number of hydrogen-bond donors (Lipinski definition) is 0. The number of aromatic nitrogens is 4. The lowest BCUT2D eigenvalue weighted by Crippen LogP contribution is -2.40. The summed E-state index contributed by atoms with van der Waals surface area (Å²) in [7, 11) is 0. The van der Waals surface area contributed by atoms with E-state index in [2.05, 4.69) is 15.7 Å². The molecule has 0 spiro atoms. The van der Waals surface area contributed by atoms with E-state index in [1.54, 1.807) is 6.20 Å². The molecule has 2 aliphatic rings. The lowest BCUT2D eigenvalue weighted by molar-refractivity contribution is -0.132. The highest BCUT2D eigenvalue weighted by molar-refractivity contribution is 5.81. The van der Waals surface area contributed by atoms with Crippen molar-refractivity contribution in [1.29, 1.82) is 0 Å². The monoisotopic (exact) mass is 349 g/mol. The molecular formula is C20H23N5O. The van der Waals surface area contributed by atoms with Gasteiger partial charge in [-0.05, 0) is 43.9 Å². The summed E-state index contributed by atoms with van der Waals surface area (Å²) >= 11 is 0. The Bertz CT molecular complexity index is 925. The van der Waals surface area contributed by atoms with Gasteiger partial charge in [-0.25, -0.2) is 4.98 Å². The molecule has 6 nitrogen and oxygen atoms in total. The highest BCUT2D eigenvalue weighted by atomic mass is 16.2. The van der Waals surface area contributed by atoms with Gasteiger partial charge in [-0.2, -0.15) is 5.10 Å². The van der Waals surface area contributed by atoms with Gasteiger partial charge >= 0.3 is 0 Å². The predicted octanol–water partition coefficient (Wildman–Crippen LogP) is 2.80. The van der Waals surface area contributed by atoms with Crippen LogP contribution in [0.15, 0.2) is 42.7 Å². The molecule has 0 N–H and O–H groups in total. The fourth-order valence-electron chi connectivity index (χ4n) is 4.12. The second-order valence-corrected chi connectivity index (χ2v) is 7.43. The minimum Gasteiger partial charge on any atom is -0.336 e. The molecule has 6 heteroatoms. The minimum absolute atomic E-state index is 0.199. The highest BCUT2D eigenvalue weighted by Gasteiger charge is 2.33. The summed E-state index contributed by atoms with van der Waals surface area (Å²) in [5.41, 5.74) is 2.07. The fourth-order valence-corrected chi connectivity index (χ4v) is 4.12. The molecule has 1 saturated heterocycles. The number of imidazole rings is 1. The number of fused-ring (bicyclic) bond motifs is 1. The van der Waals surface area contributed by atoms with Crippen LogP contribution in [0.3, 0.4) is 0 Å². The first-order valence-electron chi connectivity index (χ1n) is 9.51. The Balaban J connectivity index is 1.39. The third-order valence-corrected chi connectivity index (χ3v) is 5.57. The smallest absolute Gasteiger partial charge is 0.242 e. The molecule has 1 atom stereocenters. The van der Waals surface area contributed by atoms with Gasteiger partial charge in [0.05, 0.1) is 23.6 Å². The Morgan fingerprint density at radius 2 is 2.04 bits per heavy atom. The third kappa shape index (κ3) is 2.79. The Labute approximate surface area is 152 Å². The standard InChI is InChI=1S/C20H23N5O/c26-19(24-12-3-5-16(24)13-23-11-4-10-21-23)14-25-18-7-2-1-6-17(18)22-20(25)15-8-9-15/h1-2,4,6-7,10-11,15-16H,3,5,8-9,12-14H2. The van der Waals surface area contributed by atoms with Crippen LogP contribution in [0.5, 0.6) is 0 Å². The van der Waals surface area contributed by atoms with E-state index in [1.165, 1.54) is 12.8 Å². The molecule has 1 amide bonds. The first kappa shape index (κ1) is 15.6. The second-order valence-electron chi connectivity index (χ2n) is 7.43. The molecular weight excluding hydrogens is 326 g/mol. The summed E-state index contributed by atoms with van der Waals surface area (Å²) in [6.07, 6.45) is 8.24. The van der Waals surface area contributed by atoms with Crippen LogP contribution in [0.2, 0.25) is 0 Å². The van der Waals surface area contributed by atoms with Crippen LogP contribution in [0.4, 0.5) is 0 Å². The molecule has 1 aromatic carbocycles. The molecule has 1 saturated carbocycles. The van der Waals surface area contributed by atoms with Gasteiger partial charge in [0.15, 0.2) is 0 Å². The van der Waals surface area contributed by atoms with Crippen molar-refractivity contribution in [2.45, 2.75) is 50.7 Å². The number of carbonyl (C=O) groups is 1. The molecule has 3 heterocycles. The number of carbonyl (C=O) groups excluding carboxylic acids is 1. The van der Waals surface area contributed by atoms with Crippen molar-refractivity contribution >= 4 is 16.9 Å². The van der Waals surface area contributed by atoms with Gasteiger partial charge in [-0.1, -0.05) is 12.1 Å². The molecule has 1 aliphatic heterocycles. The molecule has 2 aromatic heterocycles. The van der Waals surface area contributed by atoms with Crippen molar-refractivity contribution in [3.63, 3.8) is 0 Å². The Hall–Kier alpha value is -2.63. The van der Waals surface area contributed by atoms with Crippen LogP contribution in [-0.2, 0) is 17.9 Å². The Morgan fingerprint density at radius 1 is 1.15 bits per heavy atom. The summed E-state index contributed by atoms with van der Waals surface area (Å²) in [6.45, 7) is 2.01. The zero-order chi connectivity index (χ0) is 17.5. The first-order chi connectivity index (χ1) is 12.8. The van der Waals surface area contributed by atoms with Crippen LogP contribution < -0.4 is 0 Å². The molecule has 26 heavy (non-hydrogen) atoms. The normalized spacial score (nSPS) is 20.2. The molecule has 0 radical (unpaired) electrons. The van der Waals surface area contributed by atoms with Crippen molar-refractivity contribution in [2.24, 2.45) is 0 Å². The number of likely N-dealkylation sites (tertiary alicyclic amines) is 1. The summed E-state index contributed by atoms with van der Waals surface area (Å²) in [5, 5.41) is 4.30. The number of benzene rings is 1. The molecule has 0 bridgehead atoms. The van der Waals surface area contributed by atoms with Crippen molar-refractivity contribution in [2.75, 3.05) is 6.54 Å². The maximum atomic E-state index is 13.1. The van der Waals surface area contributed by atoms with Gasteiger partial charge < -0.3 is 9.47 Å². The number of para-hydroxylation sites is 2. The maximum absolute atomic E-state index is 13.1. The van der Waals surface area contributed by atoms with Gasteiger partial charge in [0.1, 0.15) is 12.4 Å². The zero-order valence-corrected chi connectivity index (χ0v) is 14.8. The predicted molar refractivity (Wildman–Crippen MR) is 98.7 cm³/mol. The molecule has 2 fully saturated rings. The topological polar surface area (TPSA) is 56.0 Å². The van der Waals surface area contributed by atoms with E-state index >= 15 is 0 Å². The Kier molecular flexibility index (Phi) is 3.76. The van der Waals surface area contributed by atoms with Gasteiger partial charge in [0, 0.05) is 24.9 Å². The van der Waals surface area contributed by atoms with E-state index < -0.39 is 0 Å². The summed E-state index contributed by atoms with van der Waals surface area (Å²) in [5.74, 6) is 1.81. The largest absolute Gasteiger partial charge is 0.336 e. The van der Waals surface area contributed by atoms with Crippen LogP contribution in [0.25, 0.3) is 11.0 Å². The third-order valence-electron chi connectivity index (χ3n) is 5.57. The average Bonchev–Trinajstić information content (AvgIpc) is 3.06. The molecule has 5 rings (SSSR count). The minimum atomic E-state index is 0.199. The number of hydrogen-bond acceptors (Lipinski definition) is 3. The van der Waals surface area contributed by atoms with Crippen LogP contribution in [0, 0.1) is 0 Å². The second kappa shape index (κ2) is 6.27. The number of amides is 1. The van der Waals surface area contributed by atoms with E-state index in [-0.39, 0.29) is 11.9 Å². The average molecular weight is 349 g/mol. The summed E-state index contributed by atoms with van der Waals surface area (Å²) in [4.78, 5) is 20.0. The number of rotatable bonds is 5. The molecule has 3 aromatic rings.